The molecule has 1 aliphatic heterocycles. The molecule has 6 rings (SSSR count). The molecule has 1 saturated heterocycles. The van der Waals surface area contributed by atoms with E-state index in [2.05, 4.69) is 92.8 Å². The topological polar surface area (TPSA) is 67.9 Å². The largest absolute Gasteiger partial charge is 0.442 e. The van der Waals surface area contributed by atoms with Gasteiger partial charge in [0.1, 0.15) is 11.9 Å². The van der Waals surface area contributed by atoms with Crippen molar-refractivity contribution in [2.45, 2.75) is 45.3 Å². The van der Waals surface area contributed by atoms with Crippen LogP contribution >= 0.6 is 0 Å². The number of anilines is 1. The maximum absolute atomic E-state index is 15.4. The number of ether oxygens (including phenoxy) is 1. The van der Waals surface area contributed by atoms with Crippen molar-refractivity contribution >= 4 is 42.0 Å². The van der Waals surface area contributed by atoms with Crippen molar-refractivity contribution in [2.75, 3.05) is 24.6 Å². The number of cyclic esters (lactones) is 1. The van der Waals surface area contributed by atoms with Crippen molar-refractivity contribution in [3.63, 3.8) is 0 Å². The van der Waals surface area contributed by atoms with E-state index in [1.165, 1.54) is 28.3 Å². The summed E-state index contributed by atoms with van der Waals surface area (Å²) in [6.07, 6.45) is 2.05. The van der Waals surface area contributed by atoms with Gasteiger partial charge in [0.2, 0.25) is 5.91 Å². The maximum atomic E-state index is 15.4. The van der Waals surface area contributed by atoms with Crippen LogP contribution < -0.4 is 20.6 Å². The van der Waals surface area contributed by atoms with Gasteiger partial charge in [0.05, 0.1) is 18.8 Å². The second-order valence-corrected chi connectivity index (χ2v) is 17.3. The monoisotopic (exact) mass is 598 g/mol. The summed E-state index contributed by atoms with van der Waals surface area (Å²) in [5.74, 6) is 0.728. The lowest BCUT2D eigenvalue weighted by Crippen LogP contribution is -2.66. The maximum Gasteiger partial charge on any atom is 0.414 e. The molecule has 1 heterocycles. The van der Waals surface area contributed by atoms with E-state index in [0.29, 0.717) is 35.6 Å². The van der Waals surface area contributed by atoms with Gasteiger partial charge in [-0.3, -0.25) is 9.69 Å². The number of fused-ring (bicyclic) bond motifs is 1. The first-order valence-electron chi connectivity index (χ1n) is 15.1. The molecule has 0 spiro atoms. The molecule has 1 N–H and O–H groups in total. The molecule has 43 heavy (non-hydrogen) atoms. The Bertz CT molecular complexity index is 1500. The van der Waals surface area contributed by atoms with Crippen LogP contribution in [0.5, 0.6) is 0 Å². The SMILES string of the molecule is CC(=O)NC[C@H]1CN(c2ccc(C3=CC4C(CO[Si](c5ccccc5)(c5ccccc5)C(C)(C)C)C4C3)c(F)c2)C(=O)O1. The van der Waals surface area contributed by atoms with E-state index < -0.39 is 20.5 Å². The quantitative estimate of drug-likeness (QED) is 0.330. The van der Waals surface area contributed by atoms with Crippen LogP contribution in [0.1, 0.15) is 39.7 Å². The Morgan fingerprint density at radius 2 is 1.70 bits per heavy atom. The first-order chi connectivity index (χ1) is 20.6. The minimum absolute atomic E-state index is 0.0721. The summed E-state index contributed by atoms with van der Waals surface area (Å²) in [5.41, 5.74) is 2.06. The van der Waals surface area contributed by atoms with Crippen molar-refractivity contribution in [3.8, 4) is 0 Å². The molecule has 3 aromatic carbocycles. The smallest absolute Gasteiger partial charge is 0.414 e. The van der Waals surface area contributed by atoms with Crippen LogP contribution in [0.3, 0.4) is 0 Å². The fraction of sp³-hybridized carbons (Fsp3) is 0.371. The number of carbonyl (C=O) groups is 2. The molecule has 0 aromatic heterocycles. The van der Waals surface area contributed by atoms with Gasteiger partial charge < -0.3 is 14.5 Å². The highest BCUT2D eigenvalue weighted by atomic mass is 28.4. The van der Waals surface area contributed by atoms with Crippen LogP contribution in [0.2, 0.25) is 5.04 Å². The number of halogens is 1. The van der Waals surface area contributed by atoms with Crippen molar-refractivity contribution < 1.29 is 23.1 Å². The lowest BCUT2D eigenvalue weighted by molar-refractivity contribution is -0.119. The normalized spacial score (nSPS) is 23.0. The number of allylic oxidation sites excluding steroid dienone is 2. The van der Waals surface area contributed by atoms with Gasteiger partial charge in [-0.15, -0.1) is 0 Å². The highest BCUT2D eigenvalue weighted by Crippen LogP contribution is 2.58. The van der Waals surface area contributed by atoms with Crippen molar-refractivity contribution in [3.05, 3.63) is 96.3 Å². The molecule has 3 unspecified atom stereocenters. The van der Waals surface area contributed by atoms with E-state index in [1.54, 1.807) is 12.1 Å². The summed E-state index contributed by atoms with van der Waals surface area (Å²) >= 11 is 0. The van der Waals surface area contributed by atoms with E-state index in [-0.39, 0.29) is 29.9 Å². The molecular formula is C35H39FN2O4Si. The summed E-state index contributed by atoms with van der Waals surface area (Å²) in [6, 6.07) is 26.3. The molecule has 0 radical (unpaired) electrons. The number of amides is 2. The standard InChI is InChI=1S/C35H39FN2O4Si/c1-23(39)37-20-26-21-38(34(40)42-26)25-15-16-29(33(36)19-25)24-17-30-31(18-24)32(30)22-41-43(35(2,3)4,27-11-7-5-8-12-27)28-13-9-6-10-14-28/h5-17,19,26,30-32H,18,20-22H2,1-4H3,(H,37,39)/t26-,30?,31?,32?/m0/s1. The Balaban J connectivity index is 1.16. The lowest BCUT2D eigenvalue weighted by Gasteiger charge is -2.43. The van der Waals surface area contributed by atoms with Crippen molar-refractivity contribution in [2.24, 2.45) is 17.8 Å². The number of nitrogens with one attached hydrogen (secondary N) is 1. The molecule has 8 heteroatoms. The molecule has 0 bridgehead atoms. The van der Waals surface area contributed by atoms with Gasteiger partial charge in [-0.05, 0) is 63.4 Å². The molecule has 3 aliphatic rings. The average molecular weight is 599 g/mol. The zero-order valence-electron chi connectivity index (χ0n) is 25.2. The van der Waals surface area contributed by atoms with Crippen LogP contribution in [-0.2, 0) is 14.0 Å². The minimum Gasteiger partial charge on any atom is -0.442 e. The van der Waals surface area contributed by atoms with Gasteiger partial charge in [-0.1, -0.05) is 87.5 Å². The summed E-state index contributed by atoms with van der Waals surface area (Å²) in [7, 11) is -2.59. The van der Waals surface area contributed by atoms with Gasteiger partial charge in [0.25, 0.3) is 8.32 Å². The Morgan fingerprint density at radius 1 is 1.05 bits per heavy atom. The molecule has 1 saturated carbocycles. The third kappa shape index (κ3) is 5.54. The lowest BCUT2D eigenvalue weighted by atomic mass is 10.00. The van der Waals surface area contributed by atoms with E-state index in [1.807, 2.05) is 0 Å². The molecule has 6 nitrogen and oxygen atoms in total. The Kier molecular flexibility index (Phi) is 7.77. The average Bonchev–Trinajstić information content (AvgIpc) is 3.27. The van der Waals surface area contributed by atoms with E-state index in [9.17, 15) is 9.59 Å². The van der Waals surface area contributed by atoms with Crippen LogP contribution in [0.15, 0.2) is 84.9 Å². The van der Waals surface area contributed by atoms with E-state index in [0.717, 1.165) is 12.0 Å². The van der Waals surface area contributed by atoms with Gasteiger partial charge in [-0.25, -0.2) is 9.18 Å². The third-order valence-corrected chi connectivity index (χ3v) is 14.2. The molecular weight excluding hydrogens is 559 g/mol. The van der Waals surface area contributed by atoms with Gasteiger partial charge in [0, 0.05) is 19.1 Å². The number of carbonyl (C=O) groups excluding carboxylic acids is 2. The highest BCUT2D eigenvalue weighted by molar-refractivity contribution is 6.99. The van der Waals surface area contributed by atoms with E-state index >= 15 is 4.39 Å². The Morgan fingerprint density at radius 3 is 2.23 bits per heavy atom. The Labute approximate surface area is 254 Å². The highest BCUT2D eigenvalue weighted by Gasteiger charge is 2.56. The van der Waals surface area contributed by atoms with E-state index in [4.69, 9.17) is 9.16 Å². The fourth-order valence-electron chi connectivity index (χ4n) is 7.01. The molecule has 2 amide bonds. The zero-order valence-corrected chi connectivity index (χ0v) is 26.2. The molecule has 3 aromatic rings. The number of benzene rings is 3. The zero-order chi connectivity index (χ0) is 30.4. The predicted molar refractivity (Wildman–Crippen MR) is 169 cm³/mol. The number of hydrogen-bond donors (Lipinski definition) is 1. The van der Waals surface area contributed by atoms with Crippen LogP contribution in [0.4, 0.5) is 14.9 Å². The minimum atomic E-state index is -2.59. The van der Waals surface area contributed by atoms with Crippen LogP contribution in [0, 0.1) is 23.6 Å². The summed E-state index contributed by atoms with van der Waals surface area (Å²) < 4.78 is 27.9. The number of hydrogen-bond acceptors (Lipinski definition) is 4. The second-order valence-electron chi connectivity index (χ2n) is 13.0. The van der Waals surface area contributed by atoms with Crippen LogP contribution in [-0.4, -0.2) is 46.1 Å². The molecule has 4 atom stereocenters. The fourth-order valence-corrected chi connectivity index (χ4v) is 11.6. The van der Waals surface area contributed by atoms with Gasteiger partial charge in [0.15, 0.2) is 0 Å². The van der Waals surface area contributed by atoms with Crippen molar-refractivity contribution in [1.82, 2.24) is 5.32 Å². The van der Waals surface area contributed by atoms with Crippen LogP contribution in [0.25, 0.3) is 5.57 Å². The van der Waals surface area contributed by atoms with Crippen molar-refractivity contribution in [1.29, 1.82) is 0 Å². The first-order valence-corrected chi connectivity index (χ1v) is 17.0. The molecule has 2 fully saturated rings. The molecule has 224 valence electrons. The number of nitrogens with zero attached hydrogens (tertiary/aromatic N) is 1. The Hall–Kier alpha value is -3.75. The summed E-state index contributed by atoms with van der Waals surface area (Å²) in [5, 5.41) is 5.14. The number of rotatable bonds is 9. The molecule has 2 aliphatic carbocycles. The first kappa shape index (κ1) is 29.3. The summed E-state index contributed by atoms with van der Waals surface area (Å²) in [6.45, 7) is 9.47. The summed E-state index contributed by atoms with van der Waals surface area (Å²) in [4.78, 5) is 25.0. The van der Waals surface area contributed by atoms with Gasteiger partial charge >= 0.3 is 6.09 Å². The van der Waals surface area contributed by atoms with Gasteiger partial charge in [-0.2, -0.15) is 0 Å². The third-order valence-electron chi connectivity index (χ3n) is 9.22. The predicted octanol–water partition coefficient (Wildman–Crippen LogP) is 5.51. The second kappa shape index (κ2) is 11.4.